The number of thiophene rings is 1. The Morgan fingerprint density at radius 3 is 2.68 bits per heavy atom. The van der Waals surface area contributed by atoms with E-state index in [1.54, 1.807) is 24.3 Å². The Hall–Kier alpha value is -1.68. The Kier molecular flexibility index (Phi) is 6.57. The van der Waals surface area contributed by atoms with E-state index in [4.69, 9.17) is 11.6 Å². The van der Waals surface area contributed by atoms with Gasteiger partial charge in [-0.2, -0.15) is 4.72 Å². The maximum atomic E-state index is 12.9. The minimum Gasteiger partial charge on any atom is -0.341 e. The highest BCUT2D eigenvalue weighted by atomic mass is 35.5. The third-order valence-corrected chi connectivity index (χ3v) is 9.31. The van der Waals surface area contributed by atoms with Crippen LogP contribution in [-0.4, -0.2) is 62.3 Å². The topological polar surface area (TPSA) is 86.8 Å². The van der Waals surface area contributed by atoms with E-state index in [2.05, 4.69) is 11.6 Å². The van der Waals surface area contributed by atoms with E-state index in [9.17, 15) is 18.0 Å². The van der Waals surface area contributed by atoms with Crippen LogP contribution in [0.25, 0.3) is 10.1 Å². The second-order valence-corrected chi connectivity index (χ2v) is 11.8. The van der Waals surface area contributed by atoms with Gasteiger partial charge in [0.1, 0.15) is 10.3 Å². The summed E-state index contributed by atoms with van der Waals surface area (Å²) in [4.78, 5) is 28.9. The van der Waals surface area contributed by atoms with Crippen LogP contribution >= 0.6 is 22.9 Å². The van der Waals surface area contributed by atoms with Gasteiger partial charge in [-0.05, 0) is 61.3 Å². The lowest BCUT2D eigenvalue weighted by Gasteiger charge is -2.35. The van der Waals surface area contributed by atoms with Crippen molar-refractivity contribution in [3.05, 3.63) is 29.3 Å². The van der Waals surface area contributed by atoms with Gasteiger partial charge in [0.25, 0.3) is 10.0 Å². The van der Waals surface area contributed by atoms with Crippen LogP contribution < -0.4 is 4.72 Å². The number of halogens is 1. The van der Waals surface area contributed by atoms with Crippen LogP contribution in [0, 0.1) is 5.92 Å². The second-order valence-electron chi connectivity index (χ2n) is 8.39. The molecule has 2 fully saturated rings. The van der Waals surface area contributed by atoms with Gasteiger partial charge in [-0.15, -0.1) is 11.3 Å². The number of carbonyl (C=O) groups excluding carboxylic acids is 2. The first kappa shape index (κ1) is 22.5. The molecule has 0 saturated carbocycles. The molecule has 31 heavy (non-hydrogen) atoms. The van der Waals surface area contributed by atoms with Crippen molar-refractivity contribution >= 4 is 54.9 Å². The van der Waals surface area contributed by atoms with Gasteiger partial charge in [0.05, 0.1) is 6.54 Å². The molecule has 0 spiro atoms. The fourth-order valence-electron chi connectivity index (χ4n) is 4.10. The van der Waals surface area contributed by atoms with Gasteiger partial charge >= 0.3 is 0 Å². The molecule has 2 aliphatic heterocycles. The first-order valence-electron chi connectivity index (χ1n) is 10.5. The SMILES string of the molecule is CC1CCN(C(=O)CN2CCC[C@H](NS(=O)(=O)c3cc4cc(Cl)ccc4s3)C2=O)CC1. The zero-order chi connectivity index (χ0) is 22.2. The molecule has 1 atom stereocenters. The van der Waals surface area contributed by atoms with Crippen molar-refractivity contribution in [3.63, 3.8) is 0 Å². The molecule has 1 N–H and O–H groups in total. The van der Waals surface area contributed by atoms with E-state index in [-0.39, 0.29) is 22.6 Å². The first-order chi connectivity index (χ1) is 14.7. The number of hydrogen-bond donors (Lipinski definition) is 1. The number of piperidine rings is 2. The summed E-state index contributed by atoms with van der Waals surface area (Å²) in [6, 6.07) is 5.92. The van der Waals surface area contributed by atoms with Crippen LogP contribution in [0.15, 0.2) is 28.5 Å². The van der Waals surface area contributed by atoms with Crippen molar-refractivity contribution in [2.75, 3.05) is 26.2 Å². The summed E-state index contributed by atoms with van der Waals surface area (Å²) in [7, 11) is -3.86. The highest BCUT2D eigenvalue weighted by Crippen LogP contribution is 2.31. The van der Waals surface area contributed by atoms with Crippen LogP contribution in [-0.2, 0) is 19.6 Å². The van der Waals surface area contributed by atoms with Gasteiger partial charge in [-0.3, -0.25) is 9.59 Å². The standard InChI is InChI=1S/C21H26ClN3O4S2/c1-14-6-9-24(10-7-14)19(26)13-25-8-2-3-17(21(25)27)23-31(28,29)20-12-15-11-16(22)4-5-18(15)30-20/h4-5,11-12,14,17,23H,2-3,6-10,13H2,1H3/t17-/m0/s1. The number of carbonyl (C=O) groups is 2. The van der Waals surface area contributed by atoms with Gasteiger partial charge in [-0.1, -0.05) is 18.5 Å². The van der Waals surface area contributed by atoms with Crippen LogP contribution in [0.2, 0.25) is 5.02 Å². The summed E-state index contributed by atoms with van der Waals surface area (Å²) >= 11 is 7.13. The summed E-state index contributed by atoms with van der Waals surface area (Å²) in [5.41, 5.74) is 0. The second kappa shape index (κ2) is 9.05. The normalized spacial score (nSPS) is 21.1. The maximum absolute atomic E-state index is 12.9. The molecule has 10 heteroatoms. The smallest absolute Gasteiger partial charge is 0.250 e. The predicted octanol–water partition coefficient (Wildman–Crippen LogP) is 3.08. The number of fused-ring (bicyclic) bond motifs is 1. The summed E-state index contributed by atoms with van der Waals surface area (Å²) in [6.45, 7) is 4.08. The molecule has 1 aromatic carbocycles. The summed E-state index contributed by atoms with van der Waals surface area (Å²) in [5.74, 6) is 0.215. The van der Waals surface area contributed by atoms with Crippen LogP contribution in [0.1, 0.15) is 32.6 Å². The molecule has 3 heterocycles. The lowest BCUT2D eigenvalue weighted by atomic mass is 9.99. The van der Waals surface area contributed by atoms with Crippen LogP contribution in [0.5, 0.6) is 0 Å². The van der Waals surface area contributed by atoms with Gasteiger partial charge < -0.3 is 9.80 Å². The Morgan fingerprint density at radius 1 is 1.19 bits per heavy atom. The molecule has 168 valence electrons. The minimum atomic E-state index is -3.86. The third kappa shape index (κ3) is 5.05. The van der Waals surface area contributed by atoms with Crippen molar-refractivity contribution in [2.45, 2.75) is 42.9 Å². The molecule has 0 unspecified atom stereocenters. The Morgan fingerprint density at radius 2 is 1.94 bits per heavy atom. The molecule has 4 rings (SSSR count). The molecule has 2 saturated heterocycles. The molecule has 2 amide bonds. The van der Waals surface area contributed by atoms with Crippen molar-refractivity contribution < 1.29 is 18.0 Å². The number of nitrogens with one attached hydrogen (secondary N) is 1. The maximum Gasteiger partial charge on any atom is 0.250 e. The summed E-state index contributed by atoms with van der Waals surface area (Å²) in [5, 5.41) is 1.28. The quantitative estimate of drug-likeness (QED) is 0.708. The lowest BCUT2D eigenvalue weighted by Crippen LogP contribution is -2.55. The van der Waals surface area contributed by atoms with Crippen LogP contribution in [0.3, 0.4) is 0 Å². The molecule has 7 nitrogen and oxygen atoms in total. The molecule has 2 aromatic rings. The van der Waals surface area contributed by atoms with E-state index in [0.717, 1.165) is 34.3 Å². The molecule has 1 aromatic heterocycles. The van der Waals surface area contributed by atoms with E-state index in [1.807, 2.05) is 4.90 Å². The third-order valence-electron chi connectivity index (χ3n) is 6.01. The Labute approximate surface area is 191 Å². The molecule has 0 aliphatic carbocycles. The molecule has 0 bridgehead atoms. The number of likely N-dealkylation sites (tertiary alicyclic amines) is 2. The first-order valence-corrected chi connectivity index (χ1v) is 13.2. The average molecular weight is 484 g/mol. The van der Waals surface area contributed by atoms with Gasteiger partial charge in [0, 0.05) is 29.4 Å². The number of benzene rings is 1. The highest BCUT2D eigenvalue weighted by Gasteiger charge is 2.34. The molecular formula is C21H26ClN3O4S2. The lowest BCUT2D eigenvalue weighted by molar-refractivity contribution is -0.143. The Balaban J connectivity index is 1.43. The fraction of sp³-hybridized carbons (Fsp3) is 0.524. The van der Waals surface area contributed by atoms with Crippen molar-refractivity contribution in [2.24, 2.45) is 5.92 Å². The highest BCUT2D eigenvalue weighted by molar-refractivity contribution is 7.91. The fourth-order valence-corrected chi connectivity index (χ4v) is 6.89. The van der Waals surface area contributed by atoms with Crippen molar-refractivity contribution in [3.8, 4) is 0 Å². The number of nitrogens with zero attached hydrogens (tertiary/aromatic N) is 2. The van der Waals surface area contributed by atoms with E-state index in [1.165, 1.54) is 4.90 Å². The molecule has 0 radical (unpaired) electrons. The average Bonchev–Trinajstić information content (AvgIpc) is 3.15. The van der Waals surface area contributed by atoms with E-state index >= 15 is 0 Å². The van der Waals surface area contributed by atoms with Crippen molar-refractivity contribution in [1.29, 1.82) is 0 Å². The molecular weight excluding hydrogens is 458 g/mol. The van der Waals surface area contributed by atoms with Gasteiger partial charge in [0.2, 0.25) is 11.8 Å². The van der Waals surface area contributed by atoms with Gasteiger partial charge in [-0.25, -0.2) is 8.42 Å². The number of sulfonamides is 1. The van der Waals surface area contributed by atoms with Crippen LogP contribution in [0.4, 0.5) is 0 Å². The van der Waals surface area contributed by atoms with Crippen molar-refractivity contribution in [1.82, 2.24) is 14.5 Å². The predicted molar refractivity (Wildman–Crippen MR) is 122 cm³/mol. The van der Waals surface area contributed by atoms with E-state index in [0.29, 0.717) is 43.4 Å². The minimum absolute atomic E-state index is 0.00677. The number of hydrogen-bond acceptors (Lipinski definition) is 5. The molecule has 2 aliphatic rings. The number of rotatable bonds is 5. The summed E-state index contributed by atoms with van der Waals surface area (Å²) in [6.07, 6.45) is 3.01. The van der Waals surface area contributed by atoms with E-state index < -0.39 is 16.1 Å². The monoisotopic (exact) mass is 483 g/mol. The largest absolute Gasteiger partial charge is 0.341 e. The zero-order valence-electron chi connectivity index (χ0n) is 17.3. The zero-order valence-corrected chi connectivity index (χ0v) is 19.7. The Bertz CT molecular complexity index is 1090. The number of amides is 2. The van der Waals surface area contributed by atoms with Gasteiger partial charge in [0.15, 0.2) is 0 Å². The summed E-state index contributed by atoms with van der Waals surface area (Å²) < 4.78 is 29.4.